The van der Waals surface area contributed by atoms with Gasteiger partial charge in [0.1, 0.15) is 5.75 Å². The highest BCUT2D eigenvalue weighted by Gasteiger charge is 2.23. The van der Waals surface area contributed by atoms with Gasteiger partial charge in [0.05, 0.1) is 12.1 Å². The van der Waals surface area contributed by atoms with E-state index in [0.29, 0.717) is 28.7 Å². The SMILES string of the molecule is COc1ccc(C(=O)CC(C)C(C)(C)C)cc1Cl. The van der Waals surface area contributed by atoms with Crippen LogP contribution in [0.4, 0.5) is 0 Å². The van der Waals surface area contributed by atoms with E-state index in [1.807, 2.05) is 0 Å². The lowest BCUT2D eigenvalue weighted by atomic mass is 9.78. The quantitative estimate of drug-likeness (QED) is 0.746. The summed E-state index contributed by atoms with van der Waals surface area (Å²) in [4.78, 5) is 12.2. The lowest BCUT2D eigenvalue weighted by Gasteiger charge is -2.26. The van der Waals surface area contributed by atoms with Gasteiger partial charge in [-0.1, -0.05) is 39.3 Å². The number of methoxy groups -OCH3 is 1. The van der Waals surface area contributed by atoms with Crippen LogP contribution in [-0.4, -0.2) is 12.9 Å². The van der Waals surface area contributed by atoms with E-state index in [1.54, 1.807) is 25.3 Å². The molecule has 0 spiro atoms. The van der Waals surface area contributed by atoms with Crippen LogP contribution in [-0.2, 0) is 0 Å². The van der Waals surface area contributed by atoms with Crippen LogP contribution in [0, 0.1) is 11.3 Å². The average molecular weight is 269 g/mol. The zero-order chi connectivity index (χ0) is 13.9. The second-order valence-electron chi connectivity index (χ2n) is 5.74. The molecule has 0 aliphatic heterocycles. The molecule has 2 nitrogen and oxygen atoms in total. The van der Waals surface area contributed by atoms with Gasteiger partial charge in [-0.2, -0.15) is 0 Å². The molecular weight excluding hydrogens is 248 g/mol. The summed E-state index contributed by atoms with van der Waals surface area (Å²) in [5, 5.41) is 0.478. The maximum absolute atomic E-state index is 12.2. The molecule has 0 heterocycles. The number of Topliss-reactive ketones (excluding diaryl/α,β-unsaturated/α-hetero) is 1. The highest BCUT2D eigenvalue weighted by atomic mass is 35.5. The zero-order valence-corrected chi connectivity index (χ0v) is 12.5. The van der Waals surface area contributed by atoms with Crippen molar-refractivity contribution >= 4 is 17.4 Å². The third kappa shape index (κ3) is 3.74. The van der Waals surface area contributed by atoms with E-state index >= 15 is 0 Å². The molecule has 18 heavy (non-hydrogen) atoms. The van der Waals surface area contributed by atoms with Gasteiger partial charge < -0.3 is 4.74 Å². The molecule has 1 atom stereocenters. The van der Waals surface area contributed by atoms with Crippen LogP contribution in [0.3, 0.4) is 0 Å². The molecule has 3 heteroatoms. The second kappa shape index (κ2) is 5.75. The molecule has 0 saturated heterocycles. The Balaban J connectivity index is 2.82. The molecule has 0 radical (unpaired) electrons. The molecule has 0 amide bonds. The number of ether oxygens (including phenoxy) is 1. The lowest BCUT2D eigenvalue weighted by Crippen LogP contribution is -2.20. The number of rotatable bonds is 4. The Morgan fingerprint density at radius 3 is 2.44 bits per heavy atom. The van der Waals surface area contributed by atoms with Crippen molar-refractivity contribution in [3.8, 4) is 5.75 Å². The summed E-state index contributed by atoms with van der Waals surface area (Å²) >= 11 is 6.02. The van der Waals surface area contributed by atoms with Crippen LogP contribution in [0.15, 0.2) is 18.2 Å². The van der Waals surface area contributed by atoms with E-state index in [1.165, 1.54) is 0 Å². The van der Waals surface area contributed by atoms with Crippen LogP contribution in [0.1, 0.15) is 44.5 Å². The summed E-state index contributed by atoms with van der Waals surface area (Å²) in [7, 11) is 1.56. The van der Waals surface area contributed by atoms with Gasteiger partial charge in [-0.25, -0.2) is 0 Å². The molecule has 100 valence electrons. The molecule has 0 N–H and O–H groups in total. The molecule has 0 bridgehead atoms. The van der Waals surface area contributed by atoms with Crippen LogP contribution >= 0.6 is 11.6 Å². The predicted molar refractivity (Wildman–Crippen MR) is 75.6 cm³/mol. The van der Waals surface area contributed by atoms with Gasteiger partial charge in [0.15, 0.2) is 5.78 Å². The van der Waals surface area contributed by atoms with Crippen molar-refractivity contribution in [1.29, 1.82) is 0 Å². The van der Waals surface area contributed by atoms with Crippen molar-refractivity contribution in [2.45, 2.75) is 34.1 Å². The molecule has 0 saturated carbocycles. The van der Waals surface area contributed by atoms with Gasteiger partial charge in [0.2, 0.25) is 0 Å². The number of ketones is 1. The molecule has 1 aromatic rings. The van der Waals surface area contributed by atoms with Crippen LogP contribution in [0.2, 0.25) is 5.02 Å². The van der Waals surface area contributed by atoms with E-state index in [9.17, 15) is 4.79 Å². The van der Waals surface area contributed by atoms with Crippen molar-refractivity contribution < 1.29 is 9.53 Å². The van der Waals surface area contributed by atoms with Gasteiger partial charge in [-0.3, -0.25) is 4.79 Å². The molecule has 0 aromatic heterocycles. The highest BCUT2D eigenvalue weighted by molar-refractivity contribution is 6.32. The van der Waals surface area contributed by atoms with Crippen molar-refractivity contribution in [2.24, 2.45) is 11.3 Å². The smallest absolute Gasteiger partial charge is 0.163 e. The van der Waals surface area contributed by atoms with Gasteiger partial charge in [-0.05, 0) is 29.5 Å². The molecule has 1 rings (SSSR count). The van der Waals surface area contributed by atoms with Gasteiger partial charge in [-0.15, -0.1) is 0 Å². The first-order valence-electron chi connectivity index (χ1n) is 6.12. The Hall–Kier alpha value is -1.02. The third-order valence-electron chi connectivity index (χ3n) is 3.44. The van der Waals surface area contributed by atoms with Gasteiger partial charge >= 0.3 is 0 Å². The first-order valence-corrected chi connectivity index (χ1v) is 6.50. The van der Waals surface area contributed by atoms with E-state index < -0.39 is 0 Å². The van der Waals surface area contributed by atoms with E-state index in [2.05, 4.69) is 27.7 Å². The Bertz CT molecular complexity index is 433. The standard InChI is InChI=1S/C15H21ClO2/c1-10(15(2,3)4)8-13(17)11-6-7-14(18-5)12(16)9-11/h6-7,9-10H,8H2,1-5H3. The third-order valence-corrected chi connectivity index (χ3v) is 3.74. The summed E-state index contributed by atoms with van der Waals surface area (Å²) in [5.41, 5.74) is 0.781. The van der Waals surface area contributed by atoms with E-state index in [0.717, 1.165) is 0 Å². The molecule has 0 aliphatic carbocycles. The second-order valence-corrected chi connectivity index (χ2v) is 6.15. The highest BCUT2D eigenvalue weighted by Crippen LogP contribution is 2.30. The number of carbonyl (C=O) groups is 1. The number of halogens is 1. The fourth-order valence-corrected chi connectivity index (χ4v) is 1.80. The van der Waals surface area contributed by atoms with E-state index in [4.69, 9.17) is 16.3 Å². The summed E-state index contributed by atoms with van der Waals surface area (Å²) in [6, 6.07) is 5.18. The molecule has 0 aliphatic rings. The maximum Gasteiger partial charge on any atom is 0.163 e. The van der Waals surface area contributed by atoms with Crippen LogP contribution < -0.4 is 4.74 Å². The minimum Gasteiger partial charge on any atom is -0.495 e. The largest absolute Gasteiger partial charge is 0.495 e. The Kier molecular flexibility index (Phi) is 4.80. The Labute approximate surface area is 114 Å². The number of hydrogen-bond acceptors (Lipinski definition) is 2. The number of benzene rings is 1. The minimum atomic E-state index is 0.127. The molecule has 1 aromatic carbocycles. The fourth-order valence-electron chi connectivity index (χ4n) is 1.54. The summed E-state index contributed by atoms with van der Waals surface area (Å²) < 4.78 is 5.07. The average Bonchev–Trinajstić information content (AvgIpc) is 2.27. The minimum absolute atomic E-state index is 0.127. The normalized spacial score (nSPS) is 13.2. The first kappa shape index (κ1) is 15.0. The maximum atomic E-state index is 12.2. The summed E-state index contributed by atoms with van der Waals surface area (Å²) in [5.74, 6) is 1.05. The Morgan fingerprint density at radius 2 is 2.00 bits per heavy atom. The molecule has 0 fully saturated rings. The van der Waals surface area contributed by atoms with Crippen LogP contribution in [0.25, 0.3) is 0 Å². The van der Waals surface area contributed by atoms with Crippen LogP contribution in [0.5, 0.6) is 5.75 Å². The van der Waals surface area contributed by atoms with Crippen molar-refractivity contribution in [1.82, 2.24) is 0 Å². The molecule has 1 unspecified atom stereocenters. The summed E-state index contributed by atoms with van der Waals surface area (Å²) in [6.45, 7) is 8.53. The lowest BCUT2D eigenvalue weighted by molar-refractivity contribution is 0.0927. The number of carbonyl (C=O) groups excluding carboxylic acids is 1. The topological polar surface area (TPSA) is 26.3 Å². The first-order chi connectivity index (χ1) is 8.25. The van der Waals surface area contributed by atoms with Crippen molar-refractivity contribution in [2.75, 3.05) is 7.11 Å². The van der Waals surface area contributed by atoms with Gasteiger partial charge in [0.25, 0.3) is 0 Å². The summed E-state index contributed by atoms with van der Waals surface area (Å²) in [6.07, 6.45) is 0.534. The fraction of sp³-hybridized carbons (Fsp3) is 0.533. The van der Waals surface area contributed by atoms with E-state index in [-0.39, 0.29) is 11.2 Å². The zero-order valence-electron chi connectivity index (χ0n) is 11.7. The van der Waals surface area contributed by atoms with Crippen molar-refractivity contribution in [3.63, 3.8) is 0 Å². The molecular formula is C15H21ClO2. The van der Waals surface area contributed by atoms with Gasteiger partial charge in [0, 0.05) is 12.0 Å². The Morgan fingerprint density at radius 1 is 1.39 bits per heavy atom. The van der Waals surface area contributed by atoms with Crippen molar-refractivity contribution in [3.05, 3.63) is 28.8 Å². The predicted octanol–water partition coefficient (Wildman–Crippen LogP) is 4.60. The monoisotopic (exact) mass is 268 g/mol. The number of hydrogen-bond donors (Lipinski definition) is 0.